The summed E-state index contributed by atoms with van der Waals surface area (Å²) in [6, 6.07) is 0. The van der Waals surface area contributed by atoms with Gasteiger partial charge in [-0.1, -0.05) is 6.92 Å². The van der Waals surface area contributed by atoms with Crippen molar-refractivity contribution >= 4 is 17.9 Å². The number of rotatable bonds is 20. The molecule has 1 atom stereocenters. The second-order valence-corrected chi connectivity index (χ2v) is 8.78. The van der Waals surface area contributed by atoms with Gasteiger partial charge in [0.2, 0.25) is 0 Å². The van der Waals surface area contributed by atoms with E-state index >= 15 is 0 Å². The molecule has 0 aromatic carbocycles. The molecular formula is C24H42O8. The summed E-state index contributed by atoms with van der Waals surface area (Å²) in [4.78, 5) is 35.2. The predicted octanol–water partition coefficient (Wildman–Crippen LogP) is 4.33. The third-order valence-electron chi connectivity index (χ3n) is 5.39. The first-order valence-electron chi connectivity index (χ1n) is 12.1. The maximum Gasteiger partial charge on any atom is 0.311 e. The van der Waals surface area contributed by atoms with Gasteiger partial charge in [0.25, 0.3) is 0 Å². The van der Waals surface area contributed by atoms with Gasteiger partial charge in [0, 0.05) is 19.4 Å². The number of esters is 3. The van der Waals surface area contributed by atoms with Gasteiger partial charge in [-0.3, -0.25) is 14.4 Å². The summed E-state index contributed by atoms with van der Waals surface area (Å²) in [6.45, 7) is 8.23. The highest BCUT2D eigenvalue weighted by atomic mass is 16.8. The third kappa shape index (κ3) is 15.2. The molecular weight excluding hydrogens is 416 g/mol. The highest BCUT2D eigenvalue weighted by Gasteiger charge is 2.26. The first-order valence-corrected chi connectivity index (χ1v) is 12.1. The number of unbranched alkanes of at least 4 members (excludes halogenated alkanes) is 5. The van der Waals surface area contributed by atoms with Crippen molar-refractivity contribution in [1.82, 2.24) is 0 Å². The number of hydrogen-bond acceptors (Lipinski definition) is 8. The highest BCUT2D eigenvalue weighted by Crippen LogP contribution is 2.21. The van der Waals surface area contributed by atoms with Crippen LogP contribution in [0.1, 0.15) is 91.4 Å². The SMILES string of the molecule is CCC(C)(C)C(=O)OCCCCCC(=O)OCCCCCC(=O)OCCCCOC1CO1. The lowest BCUT2D eigenvalue weighted by Crippen LogP contribution is -2.26. The van der Waals surface area contributed by atoms with Crippen LogP contribution in [0.15, 0.2) is 0 Å². The van der Waals surface area contributed by atoms with Crippen LogP contribution < -0.4 is 0 Å². The monoisotopic (exact) mass is 458 g/mol. The van der Waals surface area contributed by atoms with Crippen LogP contribution in [0.25, 0.3) is 0 Å². The van der Waals surface area contributed by atoms with Gasteiger partial charge in [0.05, 0.1) is 25.2 Å². The second-order valence-electron chi connectivity index (χ2n) is 8.78. The Balaban J connectivity index is 1.82. The summed E-state index contributed by atoms with van der Waals surface area (Å²) >= 11 is 0. The fourth-order valence-corrected chi connectivity index (χ4v) is 2.67. The van der Waals surface area contributed by atoms with Crippen LogP contribution in [-0.4, -0.2) is 57.2 Å². The van der Waals surface area contributed by atoms with E-state index in [0.29, 0.717) is 45.9 Å². The summed E-state index contributed by atoms with van der Waals surface area (Å²) in [5.74, 6) is -0.555. The van der Waals surface area contributed by atoms with Gasteiger partial charge in [-0.2, -0.15) is 0 Å². The molecule has 0 aromatic heterocycles. The molecule has 1 heterocycles. The zero-order valence-corrected chi connectivity index (χ0v) is 20.2. The Morgan fingerprint density at radius 3 is 1.72 bits per heavy atom. The summed E-state index contributed by atoms with van der Waals surface area (Å²) in [7, 11) is 0. The highest BCUT2D eigenvalue weighted by molar-refractivity contribution is 5.75. The van der Waals surface area contributed by atoms with Crippen LogP contribution in [-0.2, 0) is 38.1 Å². The third-order valence-corrected chi connectivity index (χ3v) is 5.39. The van der Waals surface area contributed by atoms with E-state index in [2.05, 4.69) is 0 Å². The molecule has 1 rings (SSSR count). The molecule has 1 aliphatic heterocycles. The Morgan fingerprint density at radius 1 is 0.750 bits per heavy atom. The first-order chi connectivity index (χ1) is 15.3. The molecule has 0 radical (unpaired) electrons. The quantitative estimate of drug-likeness (QED) is 0.115. The van der Waals surface area contributed by atoms with Gasteiger partial charge >= 0.3 is 17.9 Å². The van der Waals surface area contributed by atoms with E-state index in [1.165, 1.54) is 0 Å². The van der Waals surface area contributed by atoms with Crippen molar-refractivity contribution in [3.8, 4) is 0 Å². The topological polar surface area (TPSA) is 101 Å². The Hall–Kier alpha value is -1.67. The van der Waals surface area contributed by atoms with Gasteiger partial charge in [-0.15, -0.1) is 0 Å². The molecule has 186 valence electrons. The molecule has 0 N–H and O–H groups in total. The van der Waals surface area contributed by atoms with E-state index in [0.717, 1.165) is 57.8 Å². The van der Waals surface area contributed by atoms with Crippen LogP contribution in [0.2, 0.25) is 0 Å². The minimum Gasteiger partial charge on any atom is -0.466 e. The predicted molar refractivity (Wildman–Crippen MR) is 119 cm³/mol. The average molecular weight is 459 g/mol. The number of ether oxygens (including phenoxy) is 5. The Labute approximate surface area is 192 Å². The van der Waals surface area contributed by atoms with Crippen molar-refractivity contribution in [2.45, 2.75) is 97.7 Å². The summed E-state index contributed by atoms with van der Waals surface area (Å²) in [6.07, 6.45) is 7.70. The molecule has 1 unspecified atom stereocenters. The molecule has 0 saturated carbocycles. The first kappa shape index (κ1) is 28.4. The molecule has 8 nitrogen and oxygen atoms in total. The minimum atomic E-state index is -0.439. The number of carbonyl (C=O) groups is 3. The molecule has 8 heteroatoms. The second kappa shape index (κ2) is 16.9. The molecule has 1 saturated heterocycles. The van der Waals surface area contributed by atoms with Gasteiger partial charge in [-0.25, -0.2) is 0 Å². The molecule has 1 fully saturated rings. The lowest BCUT2D eigenvalue weighted by Gasteiger charge is -2.20. The van der Waals surface area contributed by atoms with Crippen molar-refractivity contribution in [3.05, 3.63) is 0 Å². The summed E-state index contributed by atoms with van der Waals surface area (Å²) in [5.41, 5.74) is -0.439. The summed E-state index contributed by atoms with van der Waals surface area (Å²) in [5, 5.41) is 0. The molecule has 0 bridgehead atoms. The average Bonchev–Trinajstić information content (AvgIpc) is 3.59. The molecule has 0 aliphatic carbocycles. The number of hydrogen-bond donors (Lipinski definition) is 0. The number of carbonyl (C=O) groups excluding carboxylic acids is 3. The van der Waals surface area contributed by atoms with Crippen LogP contribution >= 0.6 is 0 Å². The van der Waals surface area contributed by atoms with Crippen LogP contribution in [0.4, 0.5) is 0 Å². The lowest BCUT2D eigenvalue weighted by atomic mass is 9.91. The largest absolute Gasteiger partial charge is 0.466 e. The van der Waals surface area contributed by atoms with Crippen LogP contribution in [0, 0.1) is 5.41 Å². The zero-order chi connectivity index (χ0) is 23.7. The Bertz CT molecular complexity index is 542. The molecule has 0 aromatic rings. The van der Waals surface area contributed by atoms with Crippen molar-refractivity contribution in [1.29, 1.82) is 0 Å². The Morgan fingerprint density at radius 2 is 1.22 bits per heavy atom. The van der Waals surface area contributed by atoms with Crippen molar-refractivity contribution < 1.29 is 38.1 Å². The van der Waals surface area contributed by atoms with Crippen LogP contribution in [0.3, 0.4) is 0 Å². The number of epoxide rings is 1. The van der Waals surface area contributed by atoms with Gasteiger partial charge in [0.1, 0.15) is 6.61 Å². The maximum atomic E-state index is 11.8. The maximum absolute atomic E-state index is 11.8. The molecule has 0 amide bonds. The van der Waals surface area contributed by atoms with E-state index in [1.807, 2.05) is 20.8 Å². The van der Waals surface area contributed by atoms with Gasteiger partial charge < -0.3 is 23.7 Å². The lowest BCUT2D eigenvalue weighted by molar-refractivity contribution is -0.154. The van der Waals surface area contributed by atoms with Crippen molar-refractivity contribution in [2.24, 2.45) is 5.41 Å². The van der Waals surface area contributed by atoms with Gasteiger partial charge in [0.15, 0.2) is 6.29 Å². The standard InChI is InChI=1S/C24H42O8/c1-4-24(2,3)23(27)31-18-10-6-8-14-20(25)28-15-9-5-7-13-21(26)29-16-11-12-17-30-22-19-32-22/h22H,4-19H2,1-3H3. The van der Waals surface area contributed by atoms with Gasteiger partial charge in [-0.05, 0) is 71.6 Å². The molecule has 1 aliphatic rings. The van der Waals surface area contributed by atoms with E-state index < -0.39 is 5.41 Å². The summed E-state index contributed by atoms with van der Waals surface area (Å²) < 4.78 is 25.9. The normalized spacial score (nSPS) is 15.3. The Kier molecular flexibility index (Phi) is 15.0. The van der Waals surface area contributed by atoms with E-state index in [4.69, 9.17) is 23.7 Å². The molecule has 0 spiro atoms. The van der Waals surface area contributed by atoms with E-state index in [1.54, 1.807) is 0 Å². The van der Waals surface area contributed by atoms with E-state index in [9.17, 15) is 14.4 Å². The van der Waals surface area contributed by atoms with Crippen molar-refractivity contribution in [2.75, 3.05) is 33.0 Å². The minimum absolute atomic E-state index is 0.0156. The zero-order valence-electron chi connectivity index (χ0n) is 20.2. The van der Waals surface area contributed by atoms with E-state index in [-0.39, 0.29) is 24.2 Å². The smallest absolute Gasteiger partial charge is 0.311 e. The van der Waals surface area contributed by atoms with Crippen molar-refractivity contribution in [3.63, 3.8) is 0 Å². The van der Waals surface area contributed by atoms with Crippen LogP contribution in [0.5, 0.6) is 0 Å². The fourth-order valence-electron chi connectivity index (χ4n) is 2.67. The molecule has 32 heavy (non-hydrogen) atoms. The fraction of sp³-hybridized carbons (Fsp3) is 0.875.